The van der Waals surface area contributed by atoms with Gasteiger partial charge in [-0.3, -0.25) is 0 Å². The minimum atomic E-state index is 0.662. The van der Waals surface area contributed by atoms with Gasteiger partial charge in [0, 0.05) is 10.6 Å². The van der Waals surface area contributed by atoms with Crippen molar-refractivity contribution in [3.63, 3.8) is 0 Å². The minimum absolute atomic E-state index is 0.662. The summed E-state index contributed by atoms with van der Waals surface area (Å²) in [5, 5.41) is 12.4. The number of aryl methyl sites for hydroxylation is 1. The second-order valence-corrected chi connectivity index (χ2v) is 4.90. The lowest BCUT2D eigenvalue weighted by molar-refractivity contribution is 1.39. The van der Waals surface area contributed by atoms with E-state index in [0.717, 1.165) is 16.9 Å². The van der Waals surface area contributed by atoms with Gasteiger partial charge in [0.05, 0.1) is 11.3 Å². The van der Waals surface area contributed by atoms with Crippen LogP contribution < -0.4 is 5.32 Å². The molecule has 2 nitrogen and oxygen atoms in total. The molecule has 0 aliphatic rings. The molecule has 0 saturated heterocycles. The average molecular weight is 254 g/mol. The van der Waals surface area contributed by atoms with Gasteiger partial charge in [-0.25, -0.2) is 0 Å². The molecule has 2 aromatic rings. The van der Waals surface area contributed by atoms with Crippen LogP contribution in [-0.4, -0.2) is 6.26 Å². The molecule has 1 N–H and O–H groups in total. The van der Waals surface area contributed by atoms with Crippen molar-refractivity contribution < 1.29 is 0 Å². The summed E-state index contributed by atoms with van der Waals surface area (Å²) in [6, 6.07) is 16.1. The van der Waals surface area contributed by atoms with Gasteiger partial charge in [0.1, 0.15) is 6.07 Å². The second-order valence-electron chi connectivity index (χ2n) is 4.02. The number of hydrogen-bond acceptors (Lipinski definition) is 3. The predicted molar refractivity (Wildman–Crippen MR) is 77.4 cm³/mol. The molecule has 0 unspecified atom stereocenters. The first-order valence-corrected chi connectivity index (χ1v) is 6.87. The van der Waals surface area contributed by atoms with Gasteiger partial charge in [0.2, 0.25) is 0 Å². The molecule has 0 aliphatic heterocycles. The molecule has 3 heteroatoms. The molecule has 0 heterocycles. The maximum Gasteiger partial charge on any atom is 0.101 e. The van der Waals surface area contributed by atoms with Crippen LogP contribution in [0.4, 0.5) is 11.4 Å². The molecule has 0 bridgehead atoms. The highest BCUT2D eigenvalue weighted by atomic mass is 32.2. The maximum atomic E-state index is 9.09. The molecule has 0 amide bonds. The van der Waals surface area contributed by atoms with Gasteiger partial charge in [-0.05, 0) is 49.1 Å². The predicted octanol–water partition coefficient (Wildman–Crippen LogP) is 4.33. The molecule has 0 aliphatic carbocycles. The molecule has 0 spiro atoms. The van der Waals surface area contributed by atoms with E-state index in [-0.39, 0.29) is 0 Å². The van der Waals surface area contributed by atoms with Gasteiger partial charge in [-0.2, -0.15) is 5.26 Å². The Labute approximate surface area is 112 Å². The zero-order valence-electron chi connectivity index (χ0n) is 10.4. The van der Waals surface area contributed by atoms with E-state index in [1.807, 2.05) is 43.5 Å². The van der Waals surface area contributed by atoms with Crippen molar-refractivity contribution in [1.29, 1.82) is 5.26 Å². The Kier molecular flexibility index (Phi) is 3.91. The van der Waals surface area contributed by atoms with Crippen LogP contribution in [0.1, 0.15) is 11.1 Å². The van der Waals surface area contributed by atoms with Crippen molar-refractivity contribution in [2.24, 2.45) is 0 Å². The smallest absolute Gasteiger partial charge is 0.101 e. The van der Waals surface area contributed by atoms with Crippen molar-refractivity contribution in [3.05, 3.63) is 53.6 Å². The number of nitriles is 1. The Morgan fingerprint density at radius 1 is 1.17 bits per heavy atom. The number of benzene rings is 2. The zero-order chi connectivity index (χ0) is 13.0. The molecule has 2 rings (SSSR count). The SMILES string of the molecule is CSc1cccc(Nc2cc(C)ccc2C#N)c1. The number of nitrogens with one attached hydrogen (secondary N) is 1. The fourth-order valence-corrected chi connectivity index (χ4v) is 2.17. The fraction of sp³-hybridized carbons (Fsp3) is 0.133. The topological polar surface area (TPSA) is 35.8 Å². The van der Waals surface area contributed by atoms with Gasteiger partial charge in [0.15, 0.2) is 0 Å². The fourth-order valence-electron chi connectivity index (χ4n) is 1.72. The summed E-state index contributed by atoms with van der Waals surface area (Å²) in [6.45, 7) is 2.02. The van der Waals surface area contributed by atoms with E-state index in [4.69, 9.17) is 5.26 Å². The standard InChI is InChI=1S/C15H14N2S/c1-11-6-7-12(10-16)15(8-11)17-13-4-3-5-14(9-13)18-2/h3-9,17H,1-2H3. The summed E-state index contributed by atoms with van der Waals surface area (Å²) in [6.07, 6.45) is 2.05. The van der Waals surface area contributed by atoms with E-state index in [0.29, 0.717) is 5.56 Å². The Morgan fingerprint density at radius 2 is 2.00 bits per heavy atom. The summed E-state index contributed by atoms with van der Waals surface area (Å²) in [5.74, 6) is 0. The normalized spacial score (nSPS) is 9.83. The molecule has 18 heavy (non-hydrogen) atoms. The largest absolute Gasteiger partial charge is 0.354 e. The highest BCUT2D eigenvalue weighted by Gasteiger charge is 2.03. The van der Waals surface area contributed by atoms with Crippen LogP contribution >= 0.6 is 11.8 Å². The first kappa shape index (κ1) is 12.5. The van der Waals surface area contributed by atoms with Crippen LogP contribution in [0.15, 0.2) is 47.4 Å². The van der Waals surface area contributed by atoms with Gasteiger partial charge in [-0.15, -0.1) is 11.8 Å². The summed E-state index contributed by atoms with van der Waals surface area (Å²) < 4.78 is 0. The van der Waals surface area contributed by atoms with E-state index in [1.54, 1.807) is 11.8 Å². The monoisotopic (exact) mass is 254 g/mol. The number of nitrogens with zero attached hydrogens (tertiary/aromatic N) is 1. The molecular formula is C15H14N2S. The first-order chi connectivity index (χ1) is 8.72. The highest BCUT2D eigenvalue weighted by Crippen LogP contribution is 2.25. The van der Waals surface area contributed by atoms with E-state index >= 15 is 0 Å². The van der Waals surface area contributed by atoms with E-state index in [9.17, 15) is 0 Å². The van der Waals surface area contributed by atoms with Crippen molar-refractivity contribution in [3.8, 4) is 6.07 Å². The zero-order valence-corrected chi connectivity index (χ0v) is 11.2. The van der Waals surface area contributed by atoms with Crippen LogP contribution in [0.3, 0.4) is 0 Å². The third-order valence-corrected chi connectivity index (χ3v) is 3.37. The van der Waals surface area contributed by atoms with Crippen molar-refractivity contribution >= 4 is 23.1 Å². The Balaban J connectivity index is 2.33. The lowest BCUT2D eigenvalue weighted by Gasteiger charge is -2.10. The van der Waals surface area contributed by atoms with Crippen molar-refractivity contribution in [2.45, 2.75) is 11.8 Å². The molecule has 2 aromatic carbocycles. The summed E-state index contributed by atoms with van der Waals surface area (Å²) in [4.78, 5) is 1.20. The van der Waals surface area contributed by atoms with Crippen molar-refractivity contribution in [1.82, 2.24) is 0 Å². The molecular weight excluding hydrogens is 240 g/mol. The Morgan fingerprint density at radius 3 is 2.72 bits per heavy atom. The first-order valence-electron chi connectivity index (χ1n) is 5.65. The average Bonchev–Trinajstić information content (AvgIpc) is 2.39. The van der Waals surface area contributed by atoms with Crippen LogP contribution in [-0.2, 0) is 0 Å². The summed E-state index contributed by atoms with van der Waals surface area (Å²) in [5.41, 5.74) is 3.66. The minimum Gasteiger partial charge on any atom is -0.354 e. The number of anilines is 2. The van der Waals surface area contributed by atoms with Gasteiger partial charge >= 0.3 is 0 Å². The van der Waals surface area contributed by atoms with E-state index in [1.165, 1.54) is 4.90 Å². The summed E-state index contributed by atoms with van der Waals surface area (Å²) in [7, 11) is 0. The van der Waals surface area contributed by atoms with E-state index < -0.39 is 0 Å². The number of hydrogen-bond donors (Lipinski definition) is 1. The maximum absolute atomic E-state index is 9.09. The third kappa shape index (κ3) is 2.85. The van der Waals surface area contributed by atoms with Crippen molar-refractivity contribution in [2.75, 3.05) is 11.6 Å². The van der Waals surface area contributed by atoms with E-state index in [2.05, 4.69) is 23.5 Å². The van der Waals surface area contributed by atoms with Crippen LogP contribution in [0.2, 0.25) is 0 Å². The molecule has 0 aromatic heterocycles. The number of rotatable bonds is 3. The lowest BCUT2D eigenvalue weighted by atomic mass is 10.1. The Bertz CT molecular complexity index is 600. The molecule has 0 atom stereocenters. The summed E-state index contributed by atoms with van der Waals surface area (Å²) >= 11 is 1.70. The number of thioether (sulfide) groups is 1. The molecule has 0 saturated carbocycles. The van der Waals surface area contributed by atoms with Crippen LogP contribution in [0.25, 0.3) is 0 Å². The third-order valence-electron chi connectivity index (χ3n) is 2.64. The second kappa shape index (κ2) is 5.61. The quantitative estimate of drug-likeness (QED) is 0.828. The molecule has 90 valence electrons. The van der Waals surface area contributed by atoms with Gasteiger partial charge < -0.3 is 5.32 Å². The van der Waals surface area contributed by atoms with Gasteiger partial charge in [0.25, 0.3) is 0 Å². The highest BCUT2D eigenvalue weighted by molar-refractivity contribution is 7.98. The van der Waals surface area contributed by atoms with Gasteiger partial charge in [-0.1, -0.05) is 12.1 Å². The Hall–Kier alpha value is -1.92. The molecule has 0 radical (unpaired) electrons. The lowest BCUT2D eigenvalue weighted by Crippen LogP contribution is -1.94. The molecule has 0 fully saturated rings. The van der Waals surface area contributed by atoms with Crippen LogP contribution in [0.5, 0.6) is 0 Å². The van der Waals surface area contributed by atoms with Crippen LogP contribution in [0, 0.1) is 18.3 Å².